The summed E-state index contributed by atoms with van der Waals surface area (Å²) in [6.07, 6.45) is 9.19. The average Bonchev–Trinajstić information content (AvgIpc) is 3.40. The molecule has 3 aliphatic rings. The Bertz CT molecular complexity index is 675. The van der Waals surface area contributed by atoms with Crippen LogP contribution in [0.3, 0.4) is 0 Å². The van der Waals surface area contributed by atoms with Crippen molar-refractivity contribution in [1.82, 2.24) is 10.2 Å². The molecule has 3 fully saturated rings. The molecule has 0 radical (unpaired) electrons. The molecule has 0 bridgehead atoms. The van der Waals surface area contributed by atoms with Crippen LogP contribution in [0.4, 0.5) is 0 Å². The van der Waals surface area contributed by atoms with Gasteiger partial charge in [-0.25, -0.2) is 0 Å². The number of methoxy groups -OCH3 is 1. The van der Waals surface area contributed by atoms with E-state index in [9.17, 15) is 4.79 Å². The lowest BCUT2D eigenvalue weighted by Crippen LogP contribution is -2.51. The quantitative estimate of drug-likeness (QED) is 0.768. The van der Waals surface area contributed by atoms with Crippen LogP contribution in [0.2, 0.25) is 0 Å². The van der Waals surface area contributed by atoms with Crippen LogP contribution >= 0.6 is 12.4 Å². The van der Waals surface area contributed by atoms with E-state index in [1.807, 2.05) is 0 Å². The maximum absolute atomic E-state index is 13.7. The molecule has 2 aliphatic carbocycles. The molecule has 1 amide bonds. The Morgan fingerprint density at radius 2 is 1.86 bits per heavy atom. The number of halogens is 1. The van der Waals surface area contributed by atoms with Crippen LogP contribution < -0.4 is 10.1 Å². The maximum Gasteiger partial charge on any atom is 0.233 e. The lowest BCUT2D eigenvalue weighted by molar-refractivity contribution is -0.138. The van der Waals surface area contributed by atoms with Crippen molar-refractivity contribution >= 4 is 18.3 Å². The van der Waals surface area contributed by atoms with E-state index in [2.05, 4.69) is 35.3 Å². The lowest BCUT2D eigenvalue weighted by atomic mass is 9.76. The average molecular weight is 407 g/mol. The highest BCUT2D eigenvalue weighted by molar-refractivity contribution is 5.89. The summed E-state index contributed by atoms with van der Waals surface area (Å²) in [6, 6.07) is 6.97. The van der Waals surface area contributed by atoms with Crippen LogP contribution in [-0.4, -0.2) is 43.6 Å². The molecule has 0 spiro atoms. The number of benzene rings is 1. The predicted molar refractivity (Wildman–Crippen MR) is 115 cm³/mol. The molecular weight excluding hydrogens is 372 g/mol. The minimum absolute atomic E-state index is 0. The normalized spacial score (nSPS) is 22.0. The van der Waals surface area contributed by atoms with Crippen molar-refractivity contribution in [2.24, 2.45) is 5.92 Å². The molecule has 1 heterocycles. The van der Waals surface area contributed by atoms with Gasteiger partial charge in [-0.15, -0.1) is 12.4 Å². The largest absolute Gasteiger partial charge is 0.496 e. The molecule has 0 atom stereocenters. The van der Waals surface area contributed by atoms with Gasteiger partial charge in [0.15, 0.2) is 0 Å². The van der Waals surface area contributed by atoms with Gasteiger partial charge in [0, 0.05) is 19.1 Å². The number of carbonyl (C=O) groups is 1. The zero-order valence-electron chi connectivity index (χ0n) is 17.3. The zero-order chi connectivity index (χ0) is 18.9. The van der Waals surface area contributed by atoms with Crippen molar-refractivity contribution in [3.05, 3.63) is 29.3 Å². The third-order valence-electron chi connectivity index (χ3n) is 7.00. The Morgan fingerprint density at radius 3 is 2.46 bits per heavy atom. The van der Waals surface area contributed by atoms with Crippen LogP contribution in [0.15, 0.2) is 18.2 Å². The number of nitrogens with zero attached hydrogens (tertiary/aromatic N) is 1. The third kappa shape index (κ3) is 4.33. The lowest BCUT2D eigenvalue weighted by Gasteiger charge is -2.39. The number of ether oxygens (including phenoxy) is 1. The summed E-state index contributed by atoms with van der Waals surface area (Å²) in [5, 5.41) is 3.72. The van der Waals surface area contributed by atoms with Crippen molar-refractivity contribution < 1.29 is 9.53 Å². The van der Waals surface area contributed by atoms with E-state index in [-0.39, 0.29) is 17.8 Å². The summed E-state index contributed by atoms with van der Waals surface area (Å²) < 4.78 is 5.55. The topological polar surface area (TPSA) is 41.6 Å². The van der Waals surface area contributed by atoms with Gasteiger partial charge in [-0.05, 0) is 75.1 Å². The molecule has 4 rings (SSSR count). The van der Waals surface area contributed by atoms with Crippen LogP contribution in [0.1, 0.15) is 62.5 Å². The van der Waals surface area contributed by atoms with Crippen molar-refractivity contribution in [2.45, 2.75) is 69.7 Å². The highest BCUT2D eigenvalue weighted by Gasteiger charge is 2.45. The first-order chi connectivity index (χ1) is 13.1. The second-order valence-corrected chi connectivity index (χ2v) is 8.89. The number of aryl methyl sites for hydroxylation is 1. The van der Waals surface area contributed by atoms with Gasteiger partial charge in [0.25, 0.3) is 0 Å². The first-order valence-corrected chi connectivity index (χ1v) is 10.8. The van der Waals surface area contributed by atoms with Crippen molar-refractivity contribution in [3.63, 3.8) is 0 Å². The smallest absolute Gasteiger partial charge is 0.233 e. The van der Waals surface area contributed by atoms with Crippen LogP contribution in [-0.2, 0) is 10.2 Å². The van der Waals surface area contributed by atoms with E-state index in [4.69, 9.17) is 4.74 Å². The number of hydrogen-bond donors (Lipinski definition) is 1. The summed E-state index contributed by atoms with van der Waals surface area (Å²) in [7, 11) is 1.72. The molecule has 1 N–H and O–H groups in total. The van der Waals surface area contributed by atoms with E-state index < -0.39 is 0 Å². The number of rotatable bonds is 6. The predicted octanol–water partition coefficient (Wildman–Crippen LogP) is 4.23. The molecule has 1 aromatic carbocycles. The van der Waals surface area contributed by atoms with Crippen molar-refractivity contribution in [2.75, 3.05) is 26.7 Å². The molecule has 1 aromatic rings. The van der Waals surface area contributed by atoms with Crippen LogP contribution in [0.5, 0.6) is 5.75 Å². The second-order valence-electron chi connectivity index (χ2n) is 8.89. The first kappa shape index (κ1) is 21.4. The van der Waals surface area contributed by atoms with Gasteiger partial charge < -0.3 is 15.0 Å². The highest BCUT2D eigenvalue weighted by atomic mass is 35.5. The van der Waals surface area contributed by atoms with Gasteiger partial charge in [0.05, 0.1) is 12.5 Å². The van der Waals surface area contributed by atoms with E-state index in [0.29, 0.717) is 11.9 Å². The van der Waals surface area contributed by atoms with Gasteiger partial charge in [0.1, 0.15) is 5.75 Å². The summed E-state index contributed by atoms with van der Waals surface area (Å²) >= 11 is 0. The number of likely N-dealkylation sites (tertiary alicyclic amines) is 1. The Balaban J connectivity index is 0.00000225. The first-order valence-electron chi connectivity index (χ1n) is 10.8. The molecule has 5 heteroatoms. The molecule has 0 aromatic heterocycles. The minimum atomic E-state index is -0.338. The van der Waals surface area contributed by atoms with E-state index in [0.717, 1.165) is 74.4 Å². The Hall–Kier alpha value is -1.26. The number of piperidine rings is 1. The Morgan fingerprint density at radius 1 is 1.18 bits per heavy atom. The zero-order valence-corrected chi connectivity index (χ0v) is 18.2. The van der Waals surface area contributed by atoms with E-state index in [1.54, 1.807) is 7.11 Å². The van der Waals surface area contributed by atoms with E-state index in [1.165, 1.54) is 19.4 Å². The fourth-order valence-electron chi connectivity index (χ4n) is 4.97. The van der Waals surface area contributed by atoms with Gasteiger partial charge in [-0.3, -0.25) is 4.79 Å². The Labute approximate surface area is 175 Å². The molecule has 2 saturated carbocycles. The van der Waals surface area contributed by atoms with Gasteiger partial charge >= 0.3 is 0 Å². The fourth-order valence-corrected chi connectivity index (χ4v) is 4.97. The van der Waals surface area contributed by atoms with Gasteiger partial charge in [0.2, 0.25) is 5.91 Å². The minimum Gasteiger partial charge on any atom is -0.496 e. The van der Waals surface area contributed by atoms with Crippen LogP contribution in [0, 0.1) is 12.8 Å². The maximum atomic E-state index is 13.7. The number of amides is 1. The molecule has 1 aliphatic heterocycles. The monoisotopic (exact) mass is 406 g/mol. The summed E-state index contributed by atoms with van der Waals surface area (Å²) in [4.78, 5) is 15.8. The molecule has 28 heavy (non-hydrogen) atoms. The van der Waals surface area contributed by atoms with Crippen LogP contribution in [0.25, 0.3) is 0 Å². The van der Waals surface area contributed by atoms with Crippen molar-refractivity contribution in [3.8, 4) is 5.75 Å². The fraction of sp³-hybridized carbons (Fsp3) is 0.696. The summed E-state index contributed by atoms with van der Waals surface area (Å²) in [5.74, 6) is 2.17. The van der Waals surface area contributed by atoms with Gasteiger partial charge in [-0.2, -0.15) is 0 Å². The molecular formula is C23H35ClN2O2. The number of nitrogens with one attached hydrogen (secondary N) is 1. The van der Waals surface area contributed by atoms with Gasteiger partial charge in [-0.1, -0.05) is 25.0 Å². The summed E-state index contributed by atoms with van der Waals surface area (Å²) in [5.41, 5.74) is 1.95. The molecule has 156 valence electrons. The highest BCUT2D eigenvalue weighted by Crippen LogP contribution is 2.44. The number of hydrogen-bond acceptors (Lipinski definition) is 3. The van der Waals surface area contributed by atoms with E-state index >= 15 is 0 Å². The molecule has 0 unspecified atom stereocenters. The molecule has 1 saturated heterocycles. The summed E-state index contributed by atoms with van der Waals surface area (Å²) in [6.45, 7) is 5.02. The SMILES string of the molecule is COc1cc(C2(C(=O)N3CCC(NCC4CC4)CC3)CCCC2)ccc1C.Cl. The van der Waals surface area contributed by atoms with Crippen molar-refractivity contribution in [1.29, 1.82) is 0 Å². The standard InChI is InChI=1S/C23H34N2O2.ClH/c1-17-5-8-19(15-21(17)27-2)23(11-3-4-12-23)22(26)25-13-9-20(10-14-25)24-16-18-6-7-18;/h5,8,15,18,20,24H,3-4,6-7,9-14,16H2,1-2H3;1H. The molecule has 4 nitrogen and oxygen atoms in total. The third-order valence-corrected chi connectivity index (χ3v) is 7.00. The Kier molecular flexibility index (Phi) is 6.93. The second kappa shape index (κ2) is 9.04. The number of carbonyl (C=O) groups excluding carboxylic acids is 1.